The summed E-state index contributed by atoms with van der Waals surface area (Å²) in [7, 11) is 0. The smallest absolute Gasteiger partial charge is 0.255 e. The predicted molar refractivity (Wildman–Crippen MR) is 97.7 cm³/mol. The predicted octanol–water partition coefficient (Wildman–Crippen LogP) is 3.37. The van der Waals surface area contributed by atoms with Crippen molar-refractivity contribution < 1.29 is 9.59 Å². The number of pyridine rings is 1. The zero-order valence-corrected chi connectivity index (χ0v) is 14.6. The summed E-state index contributed by atoms with van der Waals surface area (Å²) in [5, 5.41) is 3.38. The molecule has 0 atom stereocenters. The Bertz CT molecular complexity index is 864. The van der Waals surface area contributed by atoms with Crippen molar-refractivity contribution in [3.05, 3.63) is 70.5 Å². The van der Waals surface area contributed by atoms with Crippen LogP contribution in [0.15, 0.2) is 43.1 Å². The summed E-state index contributed by atoms with van der Waals surface area (Å²) in [5.41, 5.74) is 3.87. The molecule has 0 fully saturated rings. The van der Waals surface area contributed by atoms with E-state index < -0.39 is 0 Å². The third-order valence-corrected chi connectivity index (χ3v) is 4.62. The highest BCUT2D eigenvalue weighted by Crippen LogP contribution is 2.22. The minimum absolute atomic E-state index is 0.102. The largest absolute Gasteiger partial charge is 0.334 e. The quantitative estimate of drug-likeness (QED) is 0.859. The first-order chi connectivity index (χ1) is 12.0. The lowest BCUT2D eigenvalue weighted by atomic mass is 10.0. The molecule has 0 unspecified atom stereocenters. The molecule has 1 aliphatic rings. The Morgan fingerprint density at radius 1 is 1.36 bits per heavy atom. The van der Waals surface area contributed by atoms with Crippen LogP contribution in [0.4, 0.5) is 5.69 Å². The summed E-state index contributed by atoms with van der Waals surface area (Å²) >= 11 is 6.08. The van der Waals surface area contributed by atoms with E-state index in [4.69, 9.17) is 11.6 Å². The average Bonchev–Trinajstić information content (AvgIpc) is 2.62. The number of hydrogen-bond acceptors (Lipinski definition) is 3. The lowest BCUT2D eigenvalue weighted by molar-refractivity contribution is -0.126. The maximum atomic E-state index is 12.4. The van der Waals surface area contributed by atoms with Gasteiger partial charge in [-0.3, -0.25) is 14.6 Å². The first-order valence-electron chi connectivity index (χ1n) is 7.94. The number of fused-ring (bicyclic) bond motifs is 1. The molecule has 1 aromatic heterocycles. The fraction of sp³-hybridized carbons (Fsp3) is 0.211. The summed E-state index contributed by atoms with van der Waals surface area (Å²) in [6.07, 6.45) is 3.64. The van der Waals surface area contributed by atoms with Gasteiger partial charge in [-0.2, -0.15) is 0 Å². The Kier molecular flexibility index (Phi) is 4.86. The number of carbonyl (C=O) groups excluding carboxylic acids is 2. The number of carbonyl (C=O) groups is 2. The van der Waals surface area contributed by atoms with Crippen molar-refractivity contribution in [1.29, 1.82) is 0 Å². The van der Waals surface area contributed by atoms with Crippen LogP contribution < -0.4 is 5.32 Å². The average molecular weight is 356 g/mol. The fourth-order valence-corrected chi connectivity index (χ4v) is 2.93. The van der Waals surface area contributed by atoms with Gasteiger partial charge >= 0.3 is 0 Å². The number of hydrogen-bond donors (Lipinski definition) is 1. The molecule has 5 nitrogen and oxygen atoms in total. The molecule has 0 saturated heterocycles. The maximum absolute atomic E-state index is 12.4. The van der Waals surface area contributed by atoms with Gasteiger partial charge in [-0.25, -0.2) is 0 Å². The summed E-state index contributed by atoms with van der Waals surface area (Å²) in [6, 6.07) is 7.04. The standard InChI is InChI=1S/C19H18ClN3O2/c1-3-18(24)23-7-6-17-14(11-23)8-15(10-21-17)22-19(25)13-5-4-12(2)16(20)9-13/h3-5,8-10H,1,6-7,11H2,2H3,(H,22,25). The second kappa shape index (κ2) is 7.07. The van der Waals surface area contributed by atoms with Gasteiger partial charge in [0.1, 0.15) is 0 Å². The molecular formula is C19H18ClN3O2. The molecule has 128 valence electrons. The SMILES string of the molecule is C=CC(=O)N1CCc2ncc(NC(=O)c3ccc(C)c(Cl)c3)cc2C1. The third-order valence-electron chi connectivity index (χ3n) is 4.22. The molecule has 25 heavy (non-hydrogen) atoms. The van der Waals surface area contributed by atoms with E-state index in [1.54, 1.807) is 29.3 Å². The number of nitrogens with zero attached hydrogens (tertiary/aromatic N) is 2. The van der Waals surface area contributed by atoms with Crippen LogP contribution in [0.25, 0.3) is 0 Å². The molecule has 1 N–H and O–H groups in total. The normalized spacial score (nSPS) is 13.1. The van der Waals surface area contributed by atoms with Crippen molar-refractivity contribution in [2.45, 2.75) is 19.9 Å². The van der Waals surface area contributed by atoms with Gasteiger partial charge in [-0.05, 0) is 42.3 Å². The Balaban J connectivity index is 1.78. The molecule has 1 aromatic carbocycles. The van der Waals surface area contributed by atoms with Crippen LogP contribution in [0.5, 0.6) is 0 Å². The highest BCUT2D eigenvalue weighted by Gasteiger charge is 2.20. The molecule has 6 heteroatoms. The first-order valence-corrected chi connectivity index (χ1v) is 8.32. The molecule has 2 amide bonds. The zero-order chi connectivity index (χ0) is 18.0. The van der Waals surface area contributed by atoms with Gasteiger partial charge < -0.3 is 10.2 Å². The molecule has 0 radical (unpaired) electrons. The molecule has 0 aliphatic carbocycles. The fourth-order valence-electron chi connectivity index (χ4n) is 2.75. The Labute approximate surface area is 151 Å². The van der Waals surface area contributed by atoms with Crippen LogP contribution in [-0.2, 0) is 17.8 Å². The van der Waals surface area contributed by atoms with Gasteiger partial charge in [-0.15, -0.1) is 0 Å². The highest BCUT2D eigenvalue weighted by atomic mass is 35.5. The van der Waals surface area contributed by atoms with Crippen molar-refractivity contribution in [1.82, 2.24) is 9.88 Å². The van der Waals surface area contributed by atoms with Crippen LogP contribution in [-0.4, -0.2) is 28.2 Å². The molecule has 2 aromatic rings. The van der Waals surface area contributed by atoms with E-state index in [0.717, 1.165) is 16.8 Å². The molecule has 2 heterocycles. The third kappa shape index (κ3) is 3.72. The monoisotopic (exact) mass is 355 g/mol. The number of aryl methyl sites for hydroxylation is 1. The molecule has 0 saturated carbocycles. The van der Waals surface area contributed by atoms with E-state index in [1.165, 1.54) is 6.08 Å². The van der Waals surface area contributed by atoms with Gasteiger partial charge in [0.25, 0.3) is 5.91 Å². The topological polar surface area (TPSA) is 62.3 Å². The Morgan fingerprint density at radius 2 is 2.16 bits per heavy atom. The molecule has 0 spiro atoms. The molecular weight excluding hydrogens is 338 g/mol. The van der Waals surface area contributed by atoms with Crippen molar-refractivity contribution in [2.75, 3.05) is 11.9 Å². The van der Waals surface area contributed by atoms with Crippen LogP contribution >= 0.6 is 11.6 Å². The second-order valence-electron chi connectivity index (χ2n) is 5.96. The lowest BCUT2D eigenvalue weighted by Crippen LogP contribution is -2.35. The highest BCUT2D eigenvalue weighted by molar-refractivity contribution is 6.31. The molecule has 1 aliphatic heterocycles. The van der Waals surface area contributed by atoms with Crippen LogP contribution in [0.3, 0.4) is 0 Å². The zero-order valence-electron chi connectivity index (χ0n) is 13.9. The number of rotatable bonds is 3. The van der Waals surface area contributed by atoms with Gasteiger partial charge in [-0.1, -0.05) is 24.2 Å². The van der Waals surface area contributed by atoms with Gasteiger partial charge in [0, 0.05) is 35.8 Å². The van der Waals surface area contributed by atoms with E-state index in [-0.39, 0.29) is 11.8 Å². The Morgan fingerprint density at radius 3 is 2.88 bits per heavy atom. The minimum atomic E-state index is -0.251. The van der Waals surface area contributed by atoms with E-state index in [0.29, 0.717) is 35.8 Å². The van der Waals surface area contributed by atoms with Crippen LogP contribution in [0, 0.1) is 6.92 Å². The molecule has 3 rings (SSSR count). The van der Waals surface area contributed by atoms with E-state index >= 15 is 0 Å². The van der Waals surface area contributed by atoms with Crippen molar-refractivity contribution in [3.8, 4) is 0 Å². The number of benzene rings is 1. The van der Waals surface area contributed by atoms with Crippen LogP contribution in [0.1, 0.15) is 27.2 Å². The van der Waals surface area contributed by atoms with E-state index in [1.807, 2.05) is 13.0 Å². The van der Waals surface area contributed by atoms with Gasteiger partial charge in [0.2, 0.25) is 5.91 Å². The maximum Gasteiger partial charge on any atom is 0.255 e. The number of halogens is 1. The van der Waals surface area contributed by atoms with Crippen molar-refractivity contribution in [3.63, 3.8) is 0 Å². The number of aromatic nitrogens is 1. The second-order valence-corrected chi connectivity index (χ2v) is 6.37. The summed E-state index contributed by atoms with van der Waals surface area (Å²) in [6.45, 7) is 6.49. The molecule has 0 bridgehead atoms. The van der Waals surface area contributed by atoms with E-state index in [9.17, 15) is 9.59 Å². The van der Waals surface area contributed by atoms with Crippen LogP contribution in [0.2, 0.25) is 5.02 Å². The van der Waals surface area contributed by atoms with Crippen molar-refractivity contribution >= 4 is 29.1 Å². The van der Waals surface area contributed by atoms with Gasteiger partial charge in [0.05, 0.1) is 11.9 Å². The number of amides is 2. The van der Waals surface area contributed by atoms with E-state index in [2.05, 4.69) is 16.9 Å². The Hall–Kier alpha value is -2.66. The summed E-state index contributed by atoms with van der Waals surface area (Å²) in [4.78, 5) is 30.3. The van der Waals surface area contributed by atoms with Crippen molar-refractivity contribution in [2.24, 2.45) is 0 Å². The lowest BCUT2D eigenvalue weighted by Gasteiger charge is -2.27. The number of nitrogens with one attached hydrogen (secondary N) is 1. The summed E-state index contributed by atoms with van der Waals surface area (Å²) < 4.78 is 0. The number of anilines is 1. The minimum Gasteiger partial charge on any atom is -0.334 e. The summed E-state index contributed by atoms with van der Waals surface area (Å²) in [5.74, 6) is -0.354. The first kappa shape index (κ1) is 17.2. The van der Waals surface area contributed by atoms with Gasteiger partial charge in [0.15, 0.2) is 0 Å².